The van der Waals surface area contributed by atoms with Crippen LogP contribution in [0.2, 0.25) is 0 Å². The lowest BCUT2D eigenvalue weighted by Crippen LogP contribution is -2.29. The number of hydrogen-bond donors (Lipinski definition) is 4. The molecule has 3 aromatic heterocycles. The van der Waals surface area contributed by atoms with E-state index in [1.165, 1.54) is 6.33 Å². The maximum absolute atomic E-state index is 10.6. The number of nitrogens with two attached hydrogens (primary N) is 2. The number of anilines is 2. The minimum absolute atomic E-state index is 0.0309. The minimum atomic E-state index is -0.833. The molecule has 0 saturated heterocycles. The van der Waals surface area contributed by atoms with Gasteiger partial charge in [0.1, 0.15) is 29.7 Å². The molecule has 6 N–H and O–H groups in total. The van der Waals surface area contributed by atoms with Crippen LogP contribution < -0.4 is 11.5 Å². The number of fused-ring (bicyclic) bond motifs is 1. The monoisotopic (exact) mass is 368 g/mol. The number of nitrogens with zero attached hydrogens (tertiary/aromatic N) is 4. The van der Waals surface area contributed by atoms with E-state index >= 15 is 0 Å². The van der Waals surface area contributed by atoms with E-state index in [2.05, 4.69) is 15.0 Å². The van der Waals surface area contributed by atoms with Crippen molar-refractivity contribution in [2.75, 3.05) is 11.5 Å². The molecule has 0 amide bonds. The molecule has 4 rings (SSSR count). The largest absolute Gasteiger partial charge is 0.390 e. The van der Waals surface area contributed by atoms with Crippen molar-refractivity contribution in [2.24, 2.45) is 5.92 Å². The number of aliphatic hydroxyl groups excluding tert-OH is 2. The number of nitrogen functional groups attached to an aromatic ring is 2. The van der Waals surface area contributed by atoms with Gasteiger partial charge in [-0.1, -0.05) is 6.07 Å². The van der Waals surface area contributed by atoms with Gasteiger partial charge in [0.25, 0.3) is 0 Å². The van der Waals surface area contributed by atoms with Crippen LogP contribution in [0.15, 0.2) is 36.9 Å². The Labute approximate surface area is 156 Å². The third kappa shape index (κ3) is 3.33. The Balaban J connectivity index is 1.44. The Morgan fingerprint density at radius 2 is 1.93 bits per heavy atom. The highest BCUT2D eigenvalue weighted by Gasteiger charge is 2.42. The molecule has 0 bridgehead atoms. The molecule has 3 heterocycles. The van der Waals surface area contributed by atoms with Crippen LogP contribution in [0, 0.1) is 5.92 Å². The predicted octanol–water partition coefficient (Wildman–Crippen LogP) is 1.30. The van der Waals surface area contributed by atoms with Crippen molar-refractivity contribution in [3.05, 3.63) is 42.5 Å². The van der Waals surface area contributed by atoms with Gasteiger partial charge in [0.15, 0.2) is 0 Å². The van der Waals surface area contributed by atoms with Gasteiger partial charge in [-0.25, -0.2) is 15.0 Å². The zero-order chi connectivity index (χ0) is 19.0. The molecule has 3 aromatic rings. The summed E-state index contributed by atoms with van der Waals surface area (Å²) >= 11 is 0. The van der Waals surface area contributed by atoms with E-state index in [9.17, 15) is 10.2 Å². The van der Waals surface area contributed by atoms with Crippen molar-refractivity contribution in [2.45, 2.75) is 43.9 Å². The van der Waals surface area contributed by atoms with E-state index in [0.29, 0.717) is 23.7 Å². The van der Waals surface area contributed by atoms with Gasteiger partial charge < -0.3 is 26.2 Å². The molecule has 142 valence electrons. The maximum Gasteiger partial charge on any atom is 0.145 e. The molecule has 0 spiro atoms. The predicted molar refractivity (Wildman–Crippen MR) is 103 cm³/mol. The van der Waals surface area contributed by atoms with Crippen LogP contribution in [-0.2, 0) is 6.42 Å². The molecule has 8 heteroatoms. The average Bonchev–Trinajstić information content (AvgIpc) is 3.21. The fraction of sp³-hybridized carbons (Fsp3) is 0.421. The van der Waals surface area contributed by atoms with Crippen LogP contribution in [-0.4, -0.2) is 41.9 Å². The van der Waals surface area contributed by atoms with Gasteiger partial charge in [-0.2, -0.15) is 0 Å². The molecule has 0 radical (unpaired) electrons. The summed E-state index contributed by atoms with van der Waals surface area (Å²) in [5.74, 6) is 0.961. The average molecular weight is 368 g/mol. The van der Waals surface area contributed by atoms with Gasteiger partial charge in [-0.15, -0.1) is 0 Å². The molecule has 4 atom stereocenters. The highest BCUT2D eigenvalue weighted by molar-refractivity contribution is 5.86. The van der Waals surface area contributed by atoms with Crippen LogP contribution in [0.25, 0.3) is 11.0 Å². The number of aromatic nitrogens is 4. The normalized spacial score (nSPS) is 25.3. The summed E-state index contributed by atoms with van der Waals surface area (Å²) in [5, 5.41) is 21.9. The number of rotatable bonds is 5. The quantitative estimate of drug-likeness (QED) is 0.533. The fourth-order valence-corrected chi connectivity index (χ4v) is 4.07. The summed E-state index contributed by atoms with van der Waals surface area (Å²) in [4.78, 5) is 12.4. The summed E-state index contributed by atoms with van der Waals surface area (Å²) in [6.07, 6.45) is 6.78. The van der Waals surface area contributed by atoms with Crippen molar-refractivity contribution < 1.29 is 10.2 Å². The zero-order valence-corrected chi connectivity index (χ0v) is 14.9. The minimum Gasteiger partial charge on any atom is -0.390 e. The first kappa shape index (κ1) is 17.7. The summed E-state index contributed by atoms with van der Waals surface area (Å²) in [7, 11) is 0. The first-order chi connectivity index (χ1) is 13.0. The van der Waals surface area contributed by atoms with E-state index in [1.54, 1.807) is 12.3 Å². The lowest BCUT2D eigenvalue weighted by Gasteiger charge is -2.19. The van der Waals surface area contributed by atoms with Crippen molar-refractivity contribution in [3.63, 3.8) is 0 Å². The first-order valence-corrected chi connectivity index (χ1v) is 9.18. The summed E-state index contributed by atoms with van der Waals surface area (Å²) in [6, 6.07) is 5.39. The second-order valence-corrected chi connectivity index (χ2v) is 7.25. The van der Waals surface area contributed by atoms with Crippen molar-refractivity contribution in [1.82, 2.24) is 19.5 Å². The van der Waals surface area contributed by atoms with E-state index in [-0.39, 0.29) is 12.0 Å². The van der Waals surface area contributed by atoms with Crippen LogP contribution in [0.5, 0.6) is 0 Å². The van der Waals surface area contributed by atoms with Crippen molar-refractivity contribution in [3.8, 4) is 0 Å². The van der Waals surface area contributed by atoms with Crippen LogP contribution in [0.3, 0.4) is 0 Å². The lowest BCUT2D eigenvalue weighted by molar-refractivity contribution is 0.00511. The van der Waals surface area contributed by atoms with Crippen LogP contribution in [0.1, 0.15) is 30.9 Å². The number of pyridine rings is 1. The summed E-state index contributed by atoms with van der Waals surface area (Å²) in [6.45, 7) is 0. The molecule has 1 fully saturated rings. The molecule has 0 aromatic carbocycles. The maximum atomic E-state index is 10.6. The molecule has 1 aliphatic carbocycles. The summed E-state index contributed by atoms with van der Waals surface area (Å²) < 4.78 is 1.91. The van der Waals surface area contributed by atoms with Crippen molar-refractivity contribution in [1.29, 1.82) is 0 Å². The Morgan fingerprint density at radius 1 is 1.07 bits per heavy atom. The number of hydrogen-bond acceptors (Lipinski definition) is 7. The molecule has 27 heavy (non-hydrogen) atoms. The van der Waals surface area contributed by atoms with Gasteiger partial charge in [-0.05, 0) is 49.3 Å². The first-order valence-electron chi connectivity index (χ1n) is 9.18. The molecule has 1 aliphatic rings. The second-order valence-electron chi connectivity index (χ2n) is 7.25. The number of aliphatic hydroxyl groups is 2. The molecule has 0 aliphatic heterocycles. The number of aryl methyl sites for hydroxylation is 1. The molecule has 1 saturated carbocycles. The molecule has 0 unspecified atom stereocenters. The second kappa shape index (κ2) is 7.13. The molecular weight excluding hydrogens is 344 g/mol. The van der Waals surface area contributed by atoms with Crippen LogP contribution in [0.4, 0.5) is 11.6 Å². The van der Waals surface area contributed by atoms with Gasteiger partial charge in [-0.3, -0.25) is 0 Å². The topological polar surface area (TPSA) is 136 Å². The molecule has 8 nitrogen and oxygen atoms in total. The summed E-state index contributed by atoms with van der Waals surface area (Å²) in [5.41, 5.74) is 13.3. The third-order valence-electron chi connectivity index (χ3n) is 5.56. The SMILES string of the molecule is Nc1ccc(CCC[C@H]2C[C@@H](n3ccc4c(N)ncnc43)[C@H](O)[C@@H]2O)cn1. The van der Waals surface area contributed by atoms with E-state index in [4.69, 9.17) is 11.5 Å². The van der Waals surface area contributed by atoms with Gasteiger partial charge in [0.2, 0.25) is 0 Å². The van der Waals surface area contributed by atoms with Gasteiger partial charge >= 0.3 is 0 Å². The van der Waals surface area contributed by atoms with Gasteiger partial charge in [0, 0.05) is 12.4 Å². The Kier molecular flexibility index (Phi) is 4.67. The Hall–Kier alpha value is -2.71. The van der Waals surface area contributed by atoms with Crippen molar-refractivity contribution >= 4 is 22.7 Å². The smallest absolute Gasteiger partial charge is 0.145 e. The lowest BCUT2D eigenvalue weighted by atomic mass is 9.96. The standard InChI is InChI=1S/C19H24N6O2/c20-15-5-4-11(9-22-15)2-1-3-12-8-14(17(27)16(12)26)25-7-6-13-18(21)23-10-24-19(13)25/h4-7,9-10,12,14,16-17,26-27H,1-3,8H2,(H2,20,22)(H2,21,23,24)/t12-,14+,16+,17-/m0/s1. The Bertz CT molecular complexity index is 926. The van der Waals surface area contributed by atoms with Gasteiger partial charge in [0.05, 0.1) is 17.5 Å². The Morgan fingerprint density at radius 3 is 2.70 bits per heavy atom. The zero-order valence-electron chi connectivity index (χ0n) is 14.9. The van der Waals surface area contributed by atoms with E-state index < -0.39 is 12.2 Å². The van der Waals surface area contributed by atoms with Crippen LogP contribution >= 0.6 is 0 Å². The fourth-order valence-electron chi connectivity index (χ4n) is 4.07. The highest BCUT2D eigenvalue weighted by atomic mass is 16.3. The highest BCUT2D eigenvalue weighted by Crippen LogP contribution is 2.39. The molecular formula is C19H24N6O2. The van der Waals surface area contributed by atoms with E-state index in [1.807, 2.05) is 22.9 Å². The van der Waals surface area contributed by atoms with E-state index in [0.717, 1.165) is 30.2 Å². The third-order valence-corrected chi connectivity index (χ3v) is 5.56.